The minimum Gasteiger partial charge on any atom is -0.366 e. The van der Waals surface area contributed by atoms with Gasteiger partial charge in [0.1, 0.15) is 5.82 Å². The van der Waals surface area contributed by atoms with Gasteiger partial charge in [0.15, 0.2) is 5.65 Å². The maximum absolute atomic E-state index is 12.5. The summed E-state index contributed by atoms with van der Waals surface area (Å²) < 4.78 is 1.90. The van der Waals surface area contributed by atoms with Crippen LogP contribution in [0.5, 0.6) is 0 Å². The highest BCUT2D eigenvalue weighted by atomic mass is 16.1. The summed E-state index contributed by atoms with van der Waals surface area (Å²) in [5.74, 6) is 1.26. The number of hydrogen-bond donors (Lipinski definition) is 3. The lowest BCUT2D eigenvalue weighted by Gasteiger charge is -2.16. The maximum atomic E-state index is 12.5. The number of carbonyl (C=O) groups is 1. The Morgan fingerprint density at radius 2 is 2.12 bits per heavy atom. The number of fused-ring (bicyclic) bond motifs is 1. The molecule has 1 aliphatic heterocycles. The van der Waals surface area contributed by atoms with Gasteiger partial charge in [0.05, 0.1) is 11.9 Å². The van der Waals surface area contributed by atoms with Crippen LogP contribution in [-0.4, -0.2) is 33.6 Å². The number of nitrogens with zero attached hydrogens (tertiary/aromatic N) is 3. The van der Waals surface area contributed by atoms with E-state index >= 15 is 0 Å². The van der Waals surface area contributed by atoms with E-state index in [0.717, 1.165) is 78.3 Å². The van der Waals surface area contributed by atoms with Gasteiger partial charge in [0.25, 0.3) is 5.91 Å². The largest absolute Gasteiger partial charge is 0.366 e. The van der Waals surface area contributed by atoms with Gasteiger partial charge in [0.2, 0.25) is 0 Å². The van der Waals surface area contributed by atoms with Crippen LogP contribution < -0.4 is 16.0 Å². The molecule has 7 nitrogen and oxygen atoms in total. The normalized spacial score (nSPS) is 16.0. The molecule has 3 N–H and O–H groups in total. The van der Waals surface area contributed by atoms with Crippen molar-refractivity contribution in [2.45, 2.75) is 52.0 Å². The summed E-state index contributed by atoms with van der Waals surface area (Å²) in [4.78, 5) is 17.5. The third-order valence-electron chi connectivity index (χ3n) is 6.51. The van der Waals surface area contributed by atoms with E-state index < -0.39 is 0 Å². The molecule has 7 heteroatoms. The van der Waals surface area contributed by atoms with Crippen LogP contribution in [0, 0.1) is 0 Å². The first-order chi connectivity index (χ1) is 16.6. The van der Waals surface area contributed by atoms with Gasteiger partial charge in [-0.2, -0.15) is 9.61 Å². The summed E-state index contributed by atoms with van der Waals surface area (Å²) in [5, 5.41) is 14.6. The first-order valence-electron chi connectivity index (χ1n) is 12.2. The number of nitrogens with one attached hydrogen (secondary N) is 3. The maximum Gasteiger partial charge on any atom is 0.251 e. The molecule has 1 amide bonds. The molecule has 0 saturated heterocycles. The molecule has 34 heavy (non-hydrogen) atoms. The van der Waals surface area contributed by atoms with Crippen LogP contribution in [0.15, 0.2) is 54.3 Å². The number of anilines is 2. The number of carbonyl (C=O) groups excluding carboxylic acids is 1. The zero-order valence-electron chi connectivity index (χ0n) is 19.9. The van der Waals surface area contributed by atoms with Gasteiger partial charge in [-0.05, 0) is 61.4 Å². The van der Waals surface area contributed by atoms with Crippen LogP contribution in [0.1, 0.15) is 62.3 Å². The number of amides is 1. The first-order valence-corrected chi connectivity index (χ1v) is 12.2. The minimum absolute atomic E-state index is 0.0103. The summed E-state index contributed by atoms with van der Waals surface area (Å²) in [7, 11) is 0. The Balaban J connectivity index is 1.39. The van der Waals surface area contributed by atoms with Crippen LogP contribution in [-0.2, 0) is 11.3 Å². The zero-order chi connectivity index (χ0) is 23.5. The Morgan fingerprint density at radius 3 is 2.88 bits per heavy atom. The molecule has 3 aromatic rings. The van der Waals surface area contributed by atoms with E-state index in [1.54, 1.807) is 0 Å². The Labute approximate surface area is 200 Å². The van der Waals surface area contributed by atoms with Crippen molar-refractivity contribution >= 4 is 28.6 Å². The second-order valence-corrected chi connectivity index (χ2v) is 9.33. The zero-order valence-corrected chi connectivity index (χ0v) is 19.9. The van der Waals surface area contributed by atoms with Gasteiger partial charge >= 0.3 is 0 Å². The van der Waals surface area contributed by atoms with Crippen LogP contribution in [0.25, 0.3) is 11.2 Å². The fourth-order valence-corrected chi connectivity index (χ4v) is 4.57. The molecule has 2 aromatic heterocycles. The van der Waals surface area contributed by atoms with Crippen molar-refractivity contribution in [3.8, 4) is 0 Å². The molecular weight excluding hydrogens is 424 g/mol. The third-order valence-corrected chi connectivity index (χ3v) is 6.51. The molecule has 3 heterocycles. The first kappa shape index (κ1) is 22.3. The van der Waals surface area contributed by atoms with Crippen LogP contribution in [0.4, 0.5) is 11.5 Å². The average molecular weight is 457 g/mol. The predicted molar refractivity (Wildman–Crippen MR) is 137 cm³/mol. The van der Waals surface area contributed by atoms with E-state index in [1.165, 1.54) is 5.57 Å². The topological polar surface area (TPSA) is 83.3 Å². The van der Waals surface area contributed by atoms with Gasteiger partial charge in [0, 0.05) is 36.0 Å². The molecule has 5 rings (SSSR count). The summed E-state index contributed by atoms with van der Waals surface area (Å²) >= 11 is 0. The summed E-state index contributed by atoms with van der Waals surface area (Å²) in [6.45, 7) is 6.79. The molecule has 0 radical (unpaired) electrons. The molecule has 2 aliphatic rings. The van der Waals surface area contributed by atoms with E-state index in [9.17, 15) is 4.79 Å². The summed E-state index contributed by atoms with van der Waals surface area (Å²) in [6, 6.07) is 10.1. The third kappa shape index (κ3) is 4.75. The predicted octanol–water partition coefficient (Wildman–Crippen LogP) is 4.89. The molecule has 0 atom stereocenters. The van der Waals surface area contributed by atoms with Crippen molar-refractivity contribution in [1.82, 2.24) is 19.9 Å². The van der Waals surface area contributed by atoms with E-state index in [4.69, 9.17) is 4.98 Å². The number of allylic oxidation sites excluding steroid dienone is 1. The molecule has 1 aliphatic carbocycles. The Kier molecular flexibility index (Phi) is 6.45. The number of hydrogen-bond acceptors (Lipinski definition) is 5. The van der Waals surface area contributed by atoms with Crippen molar-refractivity contribution in [2.75, 3.05) is 23.7 Å². The van der Waals surface area contributed by atoms with Crippen molar-refractivity contribution in [3.63, 3.8) is 0 Å². The summed E-state index contributed by atoms with van der Waals surface area (Å²) in [5.41, 5.74) is 7.12. The monoisotopic (exact) mass is 456 g/mol. The highest BCUT2D eigenvalue weighted by Crippen LogP contribution is 2.27. The van der Waals surface area contributed by atoms with Crippen molar-refractivity contribution in [3.05, 3.63) is 71.1 Å². The van der Waals surface area contributed by atoms with E-state index in [1.807, 2.05) is 35.0 Å². The SMILES string of the molecule is CC(C)c1cnn2c(NCc3cccc(NC(=O)C4=CCCC4)c3)cc(C3=CCNCC3)nc12. The van der Waals surface area contributed by atoms with Crippen molar-refractivity contribution < 1.29 is 4.79 Å². The van der Waals surface area contributed by atoms with E-state index in [-0.39, 0.29) is 5.91 Å². The Bertz CT molecular complexity index is 1270. The van der Waals surface area contributed by atoms with Gasteiger partial charge < -0.3 is 16.0 Å². The minimum atomic E-state index is 0.0103. The van der Waals surface area contributed by atoms with Crippen LogP contribution >= 0.6 is 0 Å². The molecule has 0 bridgehead atoms. The number of aromatic nitrogens is 3. The standard InChI is InChI=1S/C27H32N6O/c1-18(2)23-17-30-33-25(15-24(32-26(23)33)20-10-12-28-13-11-20)29-16-19-6-5-9-22(14-19)31-27(34)21-7-3-4-8-21/h5-7,9-10,14-15,17-18,28-29H,3-4,8,11-13,16H2,1-2H3,(H,31,34). The van der Waals surface area contributed by atoms with Crippen molar-refractivity contribution in [2.24, 2.45) is 0 Å². The van der Waals surface area contributed by atoms with E-state index in [2.05, 4.69) is 53.1 Å². The highest BCUT2D eigenvalue weighted by Gasteiger charge is 2.17. The second-order valence-electron chi connectivity index (χ2n) is 9.33. The number of rotatable bonds is 7. The molecule has 0 unspecified atom stereocenters. The lowest BCUT2D eigenvalue weighted by molar-refractivity contribution is -0.112. The van der Waals surface area contributed by atoms with Gasteiger partial charge in [-0.15, -0.1) is 0 Å². The quantitative estimate of drug-likeness (QED) is 0.471. The highest BCUT2D eigenvalue weighted by molar-refractivity contribution is 6.04. The molecule has 0 spiro atoms. The van der Waals surface area contributed by atoms with E-state index in [0.29, 0.717) is 12.5 Å². The lowest BCUT2D eigenvalue weighted by atomic mass is 10.0. The van der Waals surface area contributed by atoms with Gasteiger partial charge in [-0.3, -0.25) is 4.79 Å². The number of benzene rings is 1. The van der Waals surface area contributed by atoms with Crippen LogP contribution in [0.2, 0.25) is 0 Å². The van der Waals surface area contributed by atoms with Gasteiger partial charge in [-0.1, -0.05) is 38.1 Å². The average Bonchev–Trinajstić information content (AvgIpc) is 3.54. The molecule has 0 fully saturated rings. The van der Waals surface area contributed by atoms with Crippen LogP contribution in [0.3, 0.4) is 0 Å². The molecule has 176 valence electrons. The molecule has 1 aromatic carbocycles. The Hall–Kier alpha value is -3.45. The van der Waals surface area contributed by atoms with Gasteiger partial charge in [-0.25, -0.2) is 4.98 Å². The second kappa shape index (κ2) is 9.81. The molecule has 0 saturated carbocycles. The fraction of sp³-hybridized carbons (Fsp3) is 0.370. The fourth-order valence-electron chi connectivity index (χ4n) is 4.57. The van der Waals surface area contributed by atoms with Crippen molar-refractivity contribution in [1.29, 1.82) is 0 Å². The summed E-state index contributed by atoms with van der Waals surface area (Å²) in [6.07, 6.45) is 10.1. The smallest absolute Gasteiger partial charge is 0.251 e. The Morgan fingerprint density at radius 1 is 1.21 bits per heavy atom. The lowest BCUT2D eigenvalue weighted by Crippen LogP contribution is -2.20. The molecular formula is C27H32N6O.